The number of methoxy groups -OCH3 is 1. The third-order valence-electron chi connectivity index (χ3n) is 2.96. The standard InChI is InChI=1S/C12H16FNO/c1-15-11-6-7-14-12(8-11)9-2-4-10(13)5-3-9/h2-5,11-12,14H,6-8H2,1H3/t11-,12+/m1/s1. The Morgan fingerprint density at radius 1 is 1.33 bits per heavy atom. The van der Waals surface area contributed by atoms with Gasteiger partial charge in [-0.25, -0.2) is 4.39 Å². The molecule has 0 saturated carbocycles. The van der Waals surface area contributed by atoms with E-state index in [4.69, 9.17) is 4.74 Å². The van der Waals surface area contributed by atoms with Crippen LogP contribution in [0.2, 0.25) is 0 Å². The fraction of sp³-hybridized carbons (Fsp3) is 0.500. The van der Waals surface area contributed by atoms with Crippen LogP contribution in [0.1, 0.15) is 24.4 Å². The van der Waals surface area contributed by atoms with Gasteiger partial charge in [0.05, 0.1) is 6.10 Å². The van der Waals surface area contributed by atoms with Gasteiger partial charge in [-0.3, -0.25) is 0 Å². The van der Waals surface area contributed by atoms with E-state index in [1.807, 2.05) is 12.1 Å². The Kier molecular flexibility index (Phi) is 3.34. The minimum absolute atomic E-state index is 0.183. The fourth-order valence-corrected chi connectivity index (χ4v) is 2.05. The van der Waals surface area contributed by atoms with E-state index in [0.29, 0.717) is 12.1 Å². The third-order valence-corrected chi connectivity index (χ3v) is 2.96. The summed E-state index contributed by atoms with van der Waals surface area (Å²) in [6.07, 6.45) is 2.33. The Morgan fingerprint density at radius 2 is 2.07 bits per heavy atom. The van der Waals surface area contributed by atoms with Crippen LogP contribution < -0.4 is 5.32 Å². The first-order chi connectivity index (χ1) is 7.29. The summed E-state index contributed by atoms with van der Waals surface area (Å²) in [4.78, 5) is 0. The second kappa shape index (κ2) is 4.73. The number of ether oxygens (including phenoxy) is 1. The van der Waals surface area contributed by atoms with Crippen molar-refractivity contribution in [2.45, 2.75) is 25.0 Å². The summed E-state index contributed by atoms with van der Waals surface area (Å²) in [5, 5.41) is 3.42. The molecule has 2 nitrogen and oxygen atoms in total. The van der Waals surface area contributed by atoms with E-state index in [0.717, 1.165) is 24.9 Å². The maximum atomic E-state index is 12.8. The molecule has 0 bridgehead atoms. The summed E-state index contributed by atoms with van der Waals surface area (Å²) < 4.78 is 18.1. The van der Waals surface area contributed by atoms with Crippen LogP contribution in [-0.2, 0) is 4.74 Å². The van der Waals surface area contributed by atoms with Crippen molar-refractivity contribution in [3.8, 4) is 0 Å². The van der Waals surface area contributed by atoms with Crippen LogP contribution in [0.25, 0.3) is 0 Å². The van der Waals surface area contributed by atoms with Gasteiger partial charge in [0.1, 0.15) is 5.82 Å². The van der Waals surface area contributed by atoms with Crippen molar-refractivity contribution >= 4 is 0 Å². The average Bonchev–Trinajstić information content (AvgIpc) is 2.30. The van der Waals surface area contributed by atoms with Gasteiger partial charge in [-0.2, -0.15) is 0 Å². The molecule has 0 aromatic heterocycles. The van der Waals surface area contributed by atoms with Crippen LogP contribution in [0.15, 0.2) is 24.3 Å². The molecule has 15 heavy (non-hydrogen) atoms. The lowest BCUT2D eigenvalue weighted by Crippen LogP contribution is -2.35. The number of benzene rings is 1. The second-order valence-electron chi connectivity index (χ2n) is 3.94. The average molecular weight is 209 g/mol. The van der Waals surface area contributed by atoms with Gasteiger partial charge in [-0.05, 0) is 37.1 Å². The molecule has 82 valence electrons. The van der Waals surface area contributed by atoms with Crippen molar-refractivity contribution in [1.29, 1.82) is 0 Å². The van der Waals surface area contributed by atoms with Gasteiger partial charge in [0.25, 0.3) is 0 Å². The Hall–Kier alpha value is -0.930. The molecule has 1 aliphatic heterocycles. The van der Waals surface area contributed by atoms with Crippen LogP contribution in [-0.4, -0.2) is 19.8 Å². The zero-order valence-electron chi connectivity index (χ0n) is 8.87. The van der Waals surface area contributed by atoms with Crippen LogP contribution in [0.5, 0.6) is 0 Å². The van der Waals surface area contributed by atoms with Crippen LogP contribution >= 0.6 is 0 Å². The zero-order valence-corrected chi connectivity index (χ0v) is 8.87. The van der Waals surface area contributed by atoms with E-state index in [2.05, 4.69) is 5.32 Å². The van der Waals surface area contributed by atoms with Crippen molar-refractivity contribution in [3.05, 3.63) is 35.6 Å². The largest absolute Gasteiger partial charge is 0.381 e. The molecule has 1 heterocycles. The lowest BCUT2D eigenvalue weighted by molar-refractivity contribution is 0.0619. The van der Waals surface area contributed by atoms with Crippen molar-refractivity contribution in [3.63, 3.8) is 0 Å². The molecule has 1 aliphatic rings. The minimum Gasteiger partial charge on any atom is -0.381 e. The smallest absolute Gasteiger partial charge is 0.123 e. The first-order valence-corrected chi connectivity index (χ1v) is 5.31. The summed E-state index contributed by atoms with van der Waals surface area (Å²) in [6, 6.07) is 6.99. The third kappa shape index (κ3) is 2.55. The maximum Gasteiger partial charge on any atom is 0.123 e. The van der Waals surface area contributed by atoms with Gasteiger partial charge in [0.2, 0.25) is 0 Å². The summed E-state index contributed by atoms with van der Waals surface area (Å²) in [7, 11) is 1.75. The molecule has 1 fully saturated rings. The van der Waals surface area contributed by atoms with Crippen molar-refractivity contribution in [1.82, 2.24) is 5.32 Å². The number of piperidine rings is 1. The highest BCUT2D eigenvalue weighted by atomic mass is 19.1. The molecule has 0 spiro atoms. The number of hydrogen-bond acceptors (Lipinski definition) is 2. The molecule has 0 amide bonds. The van der Waals surface area contributed by atoms with Crippen LogP contribution in [0.3, 0.4) is 0 Å². The molecule has 0 radical (unpaired) electrons. The number of rotatable bonds is 2. The first kappa shape index (κ1) is 10.6. The van der Waals surface area contributed by atoms with Crippen molar-refractivity contribution in [2.24, 2.45) is 0 Å². The Bertz CT molecular complexity index is 312. The van der Waals surface area contributed by atoms with Gasteiger partial charge in [-0.1, -0.05) is 12.1 Å². The lowest BCUT2D eigenvalue weighted by atomic mass is 9.95. The predicted molar refractivity (Wildman–Crippen MR) is 57.2 cm³/mol. The molecule has 3 heteroatoms. The van der Waals surface area contributed by atoms with Crippen LogP contribution in [0, 0.1) is 5.82 Å². The van der Waals surface area contributed by atoms with Crippen LogP contribution in [0.4, 0.5) is 4.39 Å². The van der Waals surface area contributed by atoms with E-state index in [9.17, 15) is 4.39 Å². The topological polar surface area (TPSA) is 21.3 Å². The van der Waals surface area contributed by atoms with E-state index < -0.39 is 0 Å². The van der Waals surface area contributed by atoms with Gasteiger partial charge in [0.15, 0.2) is 0 Å². The van der Waals surface area contributed by atoms with Gasteiger partial charge in [-0.15, -0.1) is 0 Å². The number of nitrogens with one attached hydrogen (secondary N) is 1. The van der Waals surface area contributed by atoms with E-state index >= 15 is 0 Å². The highest BCUT2D eigenvalue weighted by Gasteiger charge is 2.22. The minimum atomic E-state index is -0.183. The normalized spacial score (nSPS) is 26.5. The van der Waals surface area contributed by atoms with Crippen molar-refractivity contribution in [2.75, 3.05) is 13.7 Å². The van der Waals surface area contributed by atoms with E-state index in [-0.39, 0.29) is 5.82 Å². The lowest BCUT2D eigenvalue weighted by Gasteiger charge is -2.29. The van der Waals surface area contributed by atoms with E-state index in [1.165, 1.54) is 12.1 Å². The Morgan fingerprint density at radius 3 is 2.73 bits per heavy atom. The molecule has 0 unspecified atom stereocenters. The molecule has 0 aliphatic carbocycles. The van der Waals surface area contributed by atoms with Gasteiger partial charge >= 0.3 is 0 Å². The first-order valence-electron chi connectivity index (χ1n) is 5.31. The molecular formula is C12H16FNO. The number of hydrogen-bond donors (Lipinski definition) is 1. The summed E-state index contributed by atoms with van der Waals surface area (Å²) in [5.41, 5.74) is 1.14. The quantitative estimate of drug-likeness (QED) is 0.806. The molecule has 1 aromatic carbocycles. The summed E-state index contributed by atoms with van der Waals surface area (Å²) >= 11 is 0. The summed E-state index contributed by atoms with van der Waals surface area (Å²) in [6.45, 7) is 0.959. The summed E-state index contributed by atoms with van der Waals surface area (Å²) in [5.74, 6) is -0.183. The van der Waals surface area contributed by atoms with Gasteiger partial charge < -0.3 is 10.1 Å². The Balaban J connectivity index is 2.06. The molecule has 2 atom stereocenters. The second-order valence-corrected chi connectivity index (χ2v) is 3.94. The van der Waals surface area contributed by atoms with Gasteiger partial charge in [0, 0.05) is 13.2 Å². The zero-order chi connectivity index (χ0) is 10.7. The van der Waals surface area contributed by atoms with E-state index in [1.54, 1.807) is 7.11 Å². The SMILES string of the molecule is CO[C@@H]1CCN[C@H](c2ccc(F)cc2)C1. The highest BCUT2D eigenvalue weighted by Crippen LogP contribution is 2.24. The maximum absolute atomic E-state index is 12.8. The molecular weight excluding hydrogens is 193 g/mol. The predicted octanol–water partition coefficient (Wildman–Crippen LogP) is 2.27. The monoisotopic (exact) mass is 209 g/mol. The Labute approximate surface area is 89.4 Å². The highest BCUT2D eigenvalue weighted by molar-refractivity contribution is 5.20. The number of halogens is 1. The molecule has 1 aromatic rings. The van der Waals surface area contributed by atoms with Crippen molar-refractivity contribution < 1.29 is 9.13 Å². The molecule has 1 saturated heterocycles. The molecule has 2 rings (SSSR count). The fourth-order valence-electron chi connectivity index (χ4n) is 2.05. The molecule has 1 N–H and O–H groups in total.